The summed E-state index contributed by atoms with van der Waals surface area (Å²) >= 11 is 0. The molecule has 5 heteroatoms. The zero-order chi connectivity index (χ0) is 48.4. The quantitative estimate of drug-likeness (QED) is 0.130. The van der Waals surface area contributed by atoms with E-state index in [1.165, 1.54) is 16.7 Å². The highest BCUT2D eigenvalue weighted by atomic mass is 15.0. The number of imidazole rings is 2. The molecule has 0 unspecified atom stereocenters. The largest absolute Gasteiger partial charge is 0.334 e. The SMILES string of the molecule is Cn1ccnc1-c1ccc(-c2ccccc2-c2cc(-c3ccccc3-c3ccc(-c4nccn4C)cc3)cc(-c3ccccc3-c3ccc(-c4cccc(-c5ccc(-c6ccccc6)cc5)c4)nc3)c2)cc1. The Kier molecular flexibility index (Phi) is 11.7. The van der Waals surface area contributed by atoms with Gasteiger partial charge < -0.3 is 9.13 Å². The van der Waals surface area contributed by atoms with Gasteiger partial charge in [0.15, 0.2) is 0 Å². The molecule has 0 amide bonds. The van der Waals surface area contributed by atoms with Crippen molar-refractivity contribution in [3.63, 3.8) is 0 Å². The van der Waals surface area contributed by atoms with E-state index >= 15 is 0 Å². The van der Waals surface area contributed by atoms with E-state index in [4.69, 9.17) is 4.98 Å². The number of benzene rings is 9. The minimum Gasteiger partial charge on any atom is -0.334 e. The summed E-state index contributed by atoms with van der Waals surface area (Å²) in [7, 11) is 4.06. The van der Waals surface area contributed by atoms with E-state index in [2.05, 4.69) is 250 Å². The molecule has 12 aromatic rings. The van der Waals surface area contributed by atoms with Gasteiger partial charge in [0.2, 0.25) is 0 Å². The van der Waals surface area contributed by atoms with Crippen molar-refractivity contribution in [1.29, 1.82) is 0 Å². The van der Waals surface area contributed by atoms with E-state index in [1.54, 1.807) is 0 Å². The minimum absolute atomic E-state index is 0.928. The molecule has 9 aromatic carbocycles. The summed E-state index contributed by atoms with van der Waals surface area (Å²) in [4.78, 5) is 14.3. The van der Waals surface area contributed by atoms with E-state index in [0.29, 0.717) is 0 Å². The van der Waals surface area contributed by atoms with Crippen LogP contribution < -0.4 is 0 Å². The third-order valence-corrected chi connectivity index (χ3v) is 13.8. The Morgan fingerprint density at radius 1 is 0.250 bits per heavy atom. The van der Waals surface area contributed by atoms with Crippen LogP contribution in [0, 0.1) is 0 Å². The molecule has 0 atom stereocenters. The molecule has 3 aromatic heterocycles. The molecule has 0 spiro atoms. The van der Waals surface area contributed by atoms with Gasteiger partial charge in [-0.25, -0.2) is 9.97 Å². The van der Waals surface area contributed by atoms with E-state index in [9.17, 15) is 0 Å². The van der Waals surface area contributed by atoms with Crippen molar-refractivity contribution in [2.24, 2.45) is 14.1 Å². The molecule has 72 heavy (non-hydrogen) atoms. The van der Waals surface area contributed by atoms with Gasteiger partial charge in [0.25, 0.3) is 0 Å². The van der Waals surface area contributed by atoms with Gasteiger partial charge in [-0.15, -0.1) is 0 Å². The summed E-state index contributed by atoms with van der Waals surface area (Å²) in [6.07, 6.45) is 9.67. The summed E-state index contributed by atoms with van der Waals surface area (Å²) in [6.45, 7) is 0. The second kappa shape index (κ2) is 19.2. The van der Waals surface area contributed by atoms with Crippen molar-refractivity contribution < 1.29 is 0 Å². The van der Waals surface area contributed by atoms with Crippen LogP contribution >= 0.6 is 0 Å². The van der Waals surface area contributed by atoms with Gasteiger partial charge in [0, 0.05) is 67.3 Å². The van der Waals surface area contributed by atoms with Gasteiger partial charge >= 0.3 is 0 Å². The Labute approximate surface area is 420 Å². The van der Waals surface area contributed by atoms with Gasteiger partial charge in [0.1, 0.15) is 11.6 Å². The van der Waals surface area contributed by atoms with E-state index in [1.807, 2.05) is 45.1 Å². The fourth-order valence-electron chi connectivity index (χ4n) is 10.0. The molecule has 342 valence electrons. The summed E-state index contributed by atoms with van der Waals surface area (Å²) in [6, 6.07) is 83.1. The predicted molar refractivity (Wildman–Crippen MR) is 298 cm³/mol. The molecule has 3 heterocycles. The summed E-state index contributed by atoms with van der Waals surface area (Å²) < 4.78 is 4.11. The van der Waals surface area contributed by atoms with E-state index in [-0.39, 0.29) is 0 Å². The van der Waals surface area contributed by atoms with Crippen LogP contribution in [0.1, 0.15) is 0 Å². The lowest BCUT2D eigenvalue weighted by Gasteiger charge is -2.18. The molecule has 5 nitrogen and oxygen atoms in total. The van der Waals surface area contributed by atoms with Crippen molar-refractivity contribution in [1.82, 2.24) is 24.1 Å². The molecule has 0 bridgehead atoms. The smallest absolute Gasteiger partial charge is 0.139 e. The highest BCUT2D eigenvalue weighted by Crippen LogP contribution is 2.43. The van der Waals surface area contributed by atoms with Gasteiger partial charge in [-0.05, 0) is 114 Å². The van der Waals surface area contributed by atoms with Crippen LogP contribution in [0.3, 0.4) is 0 Å². The molecule has 0 aliphatic carbocycles. The first kappa shape index (κ1) is 43.8. The molecule has 0 saturated heterocycles. The van der Waals surface area contributed by atoms with Gasteiger partial charge in [-0.3, -0.25) is 4.98 Å². The Balaban J connectivity index is 0.936. The number of pyridine rings is 1. The van der Waals surface area contributed by atoms with Crippen molar-refractivity contribution in [2.45, 2.75) is 0 Å². The average molecular weight is 924 g/mol. The number of hydrogen-bond donors (Lipinski definition) is 0. The molecule has 0 aliphatic heterocycles. The van der Waals surface area contributed by atoms with Gasteiger partial charge in [-0.1, -0.05) is 200 Å². The monoisotopic (exact) mass is 923 g/mol. The number of aryl methyl sites for hydroxylation is 2. The van der Waals surface area contributed by atoms with Crippen LogP contribution in [-0.4, -0.2) is 24.1 Å². The molecule has 0 fully saturated rings. The van der Waals surface area contributed by atoms with Crippen LogP contribution in [0.25, 0.3) is 123 Å². The van der Waals surface area contributed by atoms with Crippen LogP contribution in [0.5, 0.6) is 0 Å². The summed E-state index contributed by atoms with van der Waals surface area (Å²) in [5, 5.41) is 0. The molecule has 0 aliphatic rings. The second-order valence-electron chi connectivity index (χ2n) is 18.3. The van der Waals surface area contributed by atoms with Gasteiger partial charge in [0.05, 0.1) is 5.69 Å². The molecular formula is C67H49N5. The average Bonchev–Trinajstić information content (AvgIpc) is 4.10. The summed E-state index contributed by atoms with van der Waals surface area (Å²) in [5.41, 5.74) is 22.5. The third-order valence-electron chi connectivity index (χ3n) is 13.8. The number of hydrogen-bond acceptors (Lipinski definition) is 3. The van der Waals surface area contributed by atoms with E-state index in [0.717, 1.165) is 106 Å². The predicted octanol–water partition coefficient (Wildman–Crippen LogP) is 16.9. The number of aromatic nitrogens is 5. The Bertz CT molecular complexity index is 3700. The highest BCUT2D eigenvalue weighted by molar-refractivity contribution is 5.94. The number of nitrogens with zero attached hydrogens (tertiary/aromatic N) is 5. The number of rotatable bonds is 11. The van der Waals surface area contributed by atoms with Crippen molar-refractivity contribution >= 4 is 0 Å². The standard InChI is InChI=1S/C67H49N5/c1-71-39-37-68-66(71)51-31-27-49(28-32-51)59-17-6-9-20-62(59)56-42-57(63-21-10-7-18-60(63)50-29-33-52(34-30-50)67-69-38-40-72(67)2)44-58(43-56)64-22-11-8-19-61(64)55-35-36-65(70-45-55)54-16-12-15-53(41-54)48-25-23-47(24-26-48)46-13-4-3-5-14-46/h3-45H,1-2H3. The zero-order valence-corrected chi connectivity index (χ0v) is 40.1. The fraction of sp³-hybridized carbons (Fsp3) is 0.0299. The molecule has 0 radical (unpaired) electrons. The Morgan fingerprint density at radius 2 is 0.583 bits per heavy atom. The van der Waals surface area contributed by atoms with Crippen LogP contribution in [-0.2, 0) is 14.1 Å². The normalized spacial score (nSPS) is 11.2. The van der Waals surface area contributed by atoms with Crippen LogP contribution in [0.4, 0.5) is 0 Å². The second-order valence-corrected chi connectivity index (χ2v) is 18.3. The maximum absolute atomic E-state index is 5.11. The zero-order valence-electron chi connectivity index (χ0n) is 40.1. The van der Waals surface area contributed by atoms with Crippen LogP contribution in [0.2, 0.25) is 0 Å². The lowest BCUT2D eigenvalue weighted by atomic mass is 9.86. The fourth-order valence-corrected chi connectivity index (χ4v) is 10.0. The Morgan fingerprint density at radius 3 is 1.01 bits per heavy atom. The molecule has 0 saturated carbocycles. The minimum atomic E-state index is 0.928. The first-order valence-electron chi connectivity index (χ1n) is 24.3. The molecular weight excluding hydrogens is 875 g/mol. The van der Waals surface area contributed by atoms with Crippen molar-refractivity contribution in [2.75, 3.05) is 0 Å². The first-order valence-corrected chi connectivity index (χ1v) is 24.3. The van der Waals surface area contributed by atoms with Crippen molar-refractivity contribution in [3.8, 4) is 123 Å². The molecule has 0 N–H and O–H groups in total. The summed E-state index contributed by atoms with van der Waals surface area (Å²) in [5.74, 6) is 1.88. The highest BCUT2D eigenvalue weighted by Gasteiger charge is 2.17. The topological polar surface area (TPSA) is 48.5 Å². The van der Waals surface area contributed by atoms with Crippen molar-refractivity contribution in [3.05, 3.63) is 262 Å². The first-order chi connectivity index (χ1) is 35.5. The van der Waals surface area contributed by atoms with Gasteiger partial charge in [-0.2, -0.15) is 0 Å². The lowest BCUT2D eigenvalue weighted by Crippen LogP contribution is -1.93. The third kappa shape index (κ3) is 8.65. The van der Waals surface area contributed by atoms with Crippen LogP contribution in [0.15, 0.2) is 262 Å². The maximum atomic E-state index is 5.11. The molecule has 12 rings (SSSR count). The Hall–Kier alpha value is -9.45. The lowest BCUT2D eigenvalue weighted by molar-refractivity contribution is 0.925. The van der Waals surface area contributed by atoms with E-state index < -0.39 is 0 Å². The maximum Gasteiger partial charge on any atom is 0.139 e.